The van der Waals surface area contributed by atoms with Gasteiger partial charge in [0, 0.05) is 16.1 Å². The molecule has 4 rings (SSSR count). The number of aromatic nitrogens is 1. The normalized spacial score (nSPS) is 11.0. The van der Waals surface area contributed by atoms with Gasteiger partial charge in [-0.25, -0.2) is 4.98 Å². The first-order valence-corrected chi connectivity index (χ1v) is 11.9. The van der Waals surface area contributed by atoms with Crippen LogP contribution in [0.3, 0.4) is 0 Å². The molecule has 0 bridgehead atoms. The second-order valence-electron chi connectivity index (χ2n) is 6.99. The number of thioether (sulfide) groups is 1. The van der Waals surface area contributed by atoms with Crippen LogP contribution in [0.15, 0.2) is 65.6 Å². The Hall–Kier alpha value is -2.34. The van der Waals surface area contributed by atoms with Gasteiger partial charge in [0.1, 0.15) is 5.01 Å². The molecule has 0 saturated heterocycles. The van der Waals surface area contributed by atoms with Gasteiger partial charge in [0.05, 0.1) is 21.7 Å². The van der Waals surface area contributed by atoms with Crippen molar-refractivity contribution in [1.82, 2.24) is 4.98 Å². The molecule has 3 aromatic carbocycles. The summed E-state index contributed by atoms with van der Waals surface area (Å²) < 4.78 is 1.14. The van der Waals surface area contributed by atoms with Crippen molar-refractivity contribution in [2.45, 2.75) is 25.2 Å². The van der Waals surface area contributed by atoms with E-state index in [-0.39, 0.29) is 5.91 Å². The first-order chi connectivity index (χ1) is 14.5. The molecule has 0 radical (unpaired) electrons. The van der Waals surface area contributed by atoms with Gasteiger partial charge < -0.3 is 5.32 Å². The molecule has 0 aliphatic heterocycles. The average Bonchev–Trinajstić information content (AvgIpc) is 3.12. The molecule has 0 spiro atoms. The van der Waals surface area contributed by atoms with Crippen LogP contribution in [0.4, 0.5) is 5.69 Å². The second kappa shape index (κ2) is 9.21. The maximum absolute atomic E-state index is 12.4. The molecule has 0 unspecified atom stereocenters. The minimum Gasteiger partial charge on any atom is -0.326 e. The summed E-state index contributed by atoms with van der Waals surface area (Å²) in [6.45, 7) is 4.20. The van der Waals surface area contributed by atoms with Gasteiger partial charge in [-0.15, -0.1) is 23.1 Å². The zero-order valence-corrected chi connectivity index (χ0v) is 19.1. The number of benzene rings is 3. The van der Waals surface area contributed by atoms with Gasteiger partial charge in [0.2, 0.25) is 5.91 Å². The highest BCUT2D eigenvalue weighted by Crippen LogP contribution is 2.36. The summed E-state index contributed by atoms with van der Waals surface area (Å²) in [6.07, 6.45) is 0.327. The fourth-order valence-corrected chi connectivity index (χ4v) is 5.27. The van der Waals surface area contributed by atoms with E-state index < -0.39 is 0 Å². The standard InChI is InChI=1S/C24H21ClN2OS2/c1-3-29-18-8-5-16(6-9-18)13-23(28)26-17-7-10-19(20(25)14-17)24-27-21-11-4-15(2)12-22(21)30-24/h4-12,14H,3,13H2,1-2H3,(H,26,28). The molecule has 152 valence electrons. The van der Waals surface area contributed by atoms with E-state index in [1.807, 2.05) is 30.3 Å². The number of amides is 1. The molecular formula is C24H21ClN2OS2. The highest BCUT2D eigenvalue weighted by atomic mass is 35.5. The monoisotopic (exact) mass is 452 g/mol. The number of carbonyl (C=O) groups excluding carboxylic acids is 1. The summed E-state index contributed by atoms with van der Waals surface area (Å²) in [5, 5.41) is 4.39. The summed E-state index contributed by atoms with van der Waals surface area (Å²) in [5.74, 6) is 0.970. The van der Waals surface area contributed by atoms with Crippen molar-refractivity contribution in [1.29, 1.82) is 0 Å². The third-order valence-electron chi connectivity index (χ3n) is 4.63. The number of halogens is 1. The van der Waals surface area contributed by atoms with Crippen molar-refractivity contribution in [3.63, 3.8) is 0 Å². The van der Waals surface area contributed by atoms with E-state index in [0.29, 0.717) is 17.1 Å². The summed E-state index contributed by atoms with van der Waals surface area (Å²) in [6, 6.07) is 19.9. The Morgan fingerprint density at radius 2 is 1.90 bits per heavy atom. The van der Waals surface area contributed by atoms with Crippen molar-refractivity contribution in [2.75, 3.05) is 11.1 Å². The molecule has 30 heavy (non-hydrogen) atoms. The molecule has 6 heteroatoms. The summed E-state index contributed by atoms with van der Waals surface area (Å²) >= 11 is 9.94. The van der Waals surface area contributed by atoms with Crippen LogP contribution in [-0.4, -0.2) is 16.6 Å². The molecule has 0 aliphatic carbocycles. The summed E-state index contributed by atoms with van der Waals surface area (Å²) in [7, 11) is 0. The first-order valence-electron chi connectivity index (χ1n) is 9.70. The number of rotatable bonds is 6. The number of hydrogen-bond donors (Lipinski definition) is 1. The van der Waals surface area contributed by atoms with Crippen LogP contribution < -0.4 is 5.32 Å². The number of carbonyl (C=O) groups is 1. The summed E-state index contributed by atoms with van der Waals surface area (Å²) in [4.78, 5) is 18.4. The van der Waals surface area contributed by atoms with E-state index in [1.165, 1.54) is 10.5 Å². The Kier molecular flexibility index (Phi) is 6.42. The maximum atomic E-state index is 12.4. The lowest BCUT2D eigenvalue weighted by Crippen LogP contribution is -2.14. The van der Waals surface area contributed by atoms with E-state index in [0.717, 1.165) is 32.1 Å². The van der Waals surface area contributed by atoms with Crippen LogP contribution >= 0.6 is 34.7 Å². The van der Waals surface area contributed by atoms with Gasteiger partial charge >= 0.3 is 0 Å². The minimum atomic E-state index is -0.0647. The number of fused-ring (bicyclic) bond motifs is 1. The molecule has 1 amide bonds. The predicted octanol–water partition coefficient (Wildman–Crippen LogP) is 7.22. The SMILES string of the molecule is CCSc1ccc(CC(=O)Nc2ccc(-c3nc4ccc(C)cc4s3)c(Cl)c2)cc1. The Balaban J connectivity index is 1.46. The molecular weight excluding hydrogens is 432 g/mol. The van der Waals surface area contributed by atoms with Gasteiger partial charge in [0.15, 0.2) is 0 Å². The van der Waals surface area contributed by atoms with Crippen molar-refractivity contribution in [3.05, 3.63) is 76.8 Å². The van der Waals surface area contributed by atoms with Crippen LogP contribution in [0.25, 0.3) is 20.8 Å². The van der Waals surface area contributed by atoms with Crippen LogP contribution in [0, 0.1) is 6.92 Å². The van der Waals surface area contributed by atoms with Crippen LogP contribution in [0.1, 0.15) is 18.1 Å². The number of thiazole rings is 1. The van der Waals surface area contributed by atoms with Gasteiger partial charge in [-0.2, -0.15) is 0 Å². The van der Waals surface area contributed by atoms with Gasteiger partial charge in [-0.3, -0.25) is 4.79 Å². The topological polar surface area (TPSA) is 42.0 Å². The lowest BCUT2D eigenvalue weighted by atomic mass is 10.1. The highest BCUT2D eigenvalue weighted by Gasteiger charge is 2.12. The van der Waals surface area contributed by atoms with Gasteiger partial charge in [-0.1, -0.05) is 36.7 Å². The van der Waals surface area contributed by atoms with Crippen LogP contribution in [0.2, 0.25) is 5.02 Å². The van der Waals surface area contributed by atoms with Crippen molar-refractivity contribution in [3.8, 4) is 10.6 Å². The predicted molar refractivity (Wildman–Crippen MR) is 130 cm³/mol. The molecule has 1 N–H and O–H groups in total. The Morgan fingerprint density at radius 3 is 2.63 bits per heavy atom. The Bertz CT molecular complexity index is 1200. The molecule has 3 nitrogen and oxygen atoms in total. The number of aryl methyl sites for hydroxylation is 1. The van der Waals surface area contributed by atoms with E-state index in [1.54, 1.807) is 29.2 Å². The zero-order valence-electron chi connectivity index (χ0n) is 16.7. The van der Waals surface area contributed by atoms with Crippen LogP contribution in [-0.2, 0) is 11.2 Å². The van der Waals surface area contributed by atoms with E-state index in [4.69, 9.17) is 16.6 Å². The largest absolute Gasteiger partial charge is 0.326 e. The second-order valence-corrected chi connectivity index (χ2v) is 9.76. The van der Waals surface area contributed by atoms with Crippen molar-refractivity contribution >= 4 is 56.5 Å². The van der Waals surface area contributed by atoms with E-state index in [9.17, 15) is 4.79 Å². The lowest BCUT2D eigenvalue weighted by molar-refractivity contribution is -0.115. The van der Waals surface area contributed by atoms with E-state index >= 15 is 0 Å². The van der Waals surface area contributed by atoms with E-state index in [2.05, 4.69) is 43.4 Å². The van der Waals surface area contributed by atoms with Gasteiger partial charge in [-0.05, 0) is 66.3 Å². The molecule has 0 aliphatic rings. The van der Waals surface area contributed by atoms with Gasteiger partial charge in [0.25, 0.3) is 0 Å². The highest BCUT2D eigenvalue weighted by molar-refractivity contribution is 7.99. The summed E-state index contributed by atoms with van der Waals surface area (Å²) in [5.41, 5.74) is 4.72. The Morgan fingerprint density at radius 1 is 1.10 bits per heavy atom. The maximum Gasteiger partial charge on any atom is 0.228 e. The Labute approximate surface area is 189 Å². The number of nitrogens with one attached hydrogen (secondary N) is 1. The lowest BCUT2D eigenvalue weighted by Gasteiger charge is -2.08. The van der Waals surface area contributed by atoms with Crippen molar-refractivity contribution < 1.29 is 4.79 Å². The number of nitrogens with zero attached hydrogens (tertiary/aromatic N) is 1. The third-order valence-corrected chi connectivity index (χ3v) is 6.88. The molecule has 0 atom stereocenters. The molecule has 1 aromatic heterocycles. The first kappa shape index (κ1) is 20.9. The third kappa shape index (κ3) is 4.86. The fraction of sp³-hybridized carbons (Fsp3) is 0.167. The molecule has 0 saturated carbocycles. The molecule has 1 heterocycles. The molecule has 0 fully saturated rings. The van der Waals surface area contributed by atoms with Crippen molar-refractivity contribution in [2.24, 2.45) is 0 Å². The quantitative estimate of drug-likeness (QED) is 0.314. The zero-order chi connectivity index (χ0) is 21.1. The fourth-order valence-electron chi connectivity index (χ4n) is 3.17. The average molecular weight is 453 g/mol. The number of hydrogen-bond acceptors (Lipinski definition) is 4. The smallest absolute Gasteiger partial charge is 0.228 e. The number of anilines is 1. The van der Waals surface area contributed by atoms with Crippen LogP contribution in [0.5, 0.6) is 0 Å². The molecule has 4 aromatic rings. The minimum absolute atomic E-state index is 0.0647.